The number of hydrogen-bond donors (Lipinski definition) is 1. The maximum atomic E-state index is 11.0. The van der Waals surface area contributed by atoms with Gasteiger partial charge < -0.3 is 5.73 Å². The molecule has 0 aromatic rings. The van der Waals surface area contributed by atoms with Gasteiger partial charge >= 0.3 is 0 Å². The van der Waals surface area contributed by atoms with Crippen LogP contribution in [0.15, 0.2) is 0 Å². The minimum atomic E-state index is -0.128. The maximum absolute atomic E-state index is 11.0. The number of hydrogen-bond acceptors (Lipinski definition) is 1. The zero-order chi connectivity index (χ0) is 9.56. The van der Waals surface area contributed by atoms with Crippen molar-refractivity contribution < 1.29 is 4.79 Å². The van der Waals surface area contributed by atoms with Gasteiger partial charge in [-0.3, -0.25) is 4.79 Å². The highest BCUT2D eigenvalue weighted by atomic mass is 16.1. The monoisotopic (exact) mass is 171 g/mol. The van der Waals surface area contributed by atoms with Crippen LogP contribution in [-0.2, 0) is 4.79 Å². The lowest BCUT2D eigenvalue weighted by Crippen LogP contribution is -2.24. The number of rotatable bonds is 6. The maximum Gasteiger partial charge on any atom is 0.220 e. The topological polar surface area (TPSA) is 43.1 Å². The zero-order valence-electron chi connectivity index (χ0n) is 8.47. The lowest BCUT2D eigenvalue weighted by atomic mass is 9.92. The average Bonchev–Trinajstić information content (AvgIpc) is 1.96. The van der Waals surface area contributed by atoms with Gasteiger partial charge in [-0.2, -0.15) is 0 Å². The van der Waals surface area contributed by atoms with Crippen molar-refractivity contribution >= 4 is 5.91 Å². The molecule has 0 radical (unpaired) electrons. The molecule has 0 spiro atoms. The molecule has 0 aromatic carbocycles. The molecule has 2 heteroatoms. The summed E-state index contributed by atoms with van der Waals surface area (Å²) in [4.78, 5) is 11.0. The molecule has 2 N–H and O–H groups in total. The predicted molar refractivity (Wildman–Crippen MR) is 51.7 cm³/mol. The molecule has 0 aliphatic carbocycles. The molecule has 2 nitrogen and oxygen atoms in total. The fourth-order valence-electron chi connectivity index (χ4n) is 1.40. The second kappa shape index (κ2) is 6.04. The third kappa shape index (κ3) is 5.16. The standard InChI is InChI=1S/C10H21NO/c1-4-5-6-9(10(11)12)7-8(2)3/h8-9H,4-7H2,1-3H3,(H2,11,12). The van der Waals surface area contributed by atoms with Crippen LogP contribution in [-0.4, -0.2) is 5.91 Å². The van der Waals surface area contributed by atoms with Crippen molar-refractivity contribution in [2.75, 3.05) is 0 Å². The van der Waals surface area contributed by atoms with Crippen LogP contribution in [0.3, 0.4) is 0 Å². The second-order valence-electron chi connectivity index (χ2n) is 3.87. The molecule has 72 valence electrons. The summed E-state index contributed by atoms with van der Waals surface area (Å²) in [5.41, 5.74) is 5.29. The van der Waals surface area contributed by atoms with Crippen LogP contribution in [0.4, 0.5) is 0 Å². The first-order chi connectivity index (χ1) is 5.57. The minimum absolute atomic E-state index is 0.102. The summed E-state index contributed by atoms with van der Waals surface area (Å²) >= 11 is 0. The molecule has 1 unspecified atom stereocenters. The number of nitrogens with two attached hydrogens (primary N) is 1. The van der Waals surface area contributed by atoms with Crippen LogP contribution in [0, 0.1) is 11.8 Å². The Hall–Kier alpha value is -0.530. The van der Waals surface area contributed by atoms with Crippen LogP contribution in [0.1, 0.15) is 46.5 Å². The summed E-state index contributed by atoms with van der Waals surface area (Å²) in [6.07, 6.45) is 4.15. The first-order valence-corrected chi connectivity index (χ1v) is 4.87. The molecule has 1 atom stereocenters. The van der Waals surface area contributed by atoms with E-state index in [1.165, 1.54) is 0 Å². The van der Waals surface area contributed by atoms with Gasteiger partial charge in [0.25, 0.3) is 0 Å². The number of carbonyl (C=O) groups excluding carboxylic acids is 1. The Balaban J connectivity index is 3.78. The van der Waals surface area contributed by atoms with E-state index < -0.39 is 0 Å². The highest BCUT2D eigenvalue weighted by Gasteiger charge is 2.15. The van der Waals surface area contributed by atoms with Crippen LogP contribution in [0.25, 0.3) is 0 Å². The molecule has 0 aliphatic heterocycles. The van der Waals surface area contributed by atoms with Crippen molar-refractivity contribution in [3.05, 3.63) is 0 Å². The van der Waals surface area contributed by atoms with Crippen LogP contribution < -0.4 is 5.73 Å². The van der Waals surface area contributed by atoms with E-state index in [4.69, 9.17) is 5.73 Å². The molecule has 0 saturated heterocycles. The molecule has 1 amide bonds. The second-order valence-corrected chi connectivity index (χ2v) is 3.87. The van der Waals surface area contributed by atoms with E-state index in [0.29, 0.717) is 5.92 Å². The molecule has 0 saturated carbocycles. The van der Waals surface area contributed by atoms with Crippen molar-refractivity contribution in [1.29, 1.82) is 0 Å². The normalized spacial score (nSPS) is 13.3. The predicted octanol–water partition coefficient (Wildman–Crippen LogP) is 2.32. The molecular weight excluding hydrogens is 150 g/mol. The molecule has 0 aromatic heterocycles. The van der Waals surface area contributed by atoms with Gasteiger partial charge in [0.05, 0.1) is 0 Å². The van der Waals surface area contributed by atoms with Gasteiger partial charge in [0.2, 0.25) is 5.91 Å². The summed E-state index contributed by atoms with van der Waals surface area (Å²) in [6.45, 7) is 6.39. The average molecular weight is 171 g/mol. The Morgan fingerprint density at radius 1 is 1.42 bits per heavy atom. The Labute approximate surface area is 75.5 Å². The van der Waals surface area contributed by atoms with Crippen LogP contribution in [0.5, 0.6) is 0 Å². The Morgan fingerprint density at radius 3 is 2.33 bits per heavy atom. The van der Waals surface area contributed by atoms with Crippen molar-refractivity contribution in [2.45, 2.75) is 46.5 Å². The van der Waals surface area contributed by atoms with Crippen molar-refractivity contribution in [2.24, 2.45) is 17.6 Å². The highest BCUT2D eigenvalue weighted by Crippen LogP contribution is 2.17. The van der Waals surface area contributed by atoms with E-state index >= 15 is 0 Å². The molecule has 0 fully saturated rings. The van der Waals surface area contributed by atoms with Gasteiger partial charge in [-0.15, -0.1) is 0 Å². The molecule has 12 heavy (non-hydrogen) atoms. The van der Waals surface area contributed by atoms with E-state index in [1.54, 1.807) is 0 Å². The smallest absolute Gasteiger partial charge is 0.220 e. The quantitative estimate of drug-likeness (QED) is 0.655. The lowest BCUT2D eigenvalue weighted by Gasteiger charge is -2.14. The van der Waals surface area contributed by atoms with E-state index in [1.807, 2.05) is 0 Å². The van der Waals surface area contributed by atoms with E-state index in [0.717, 1.165) is 25.7 Å². The molecule has 0 bridgehead atoms. The van der Waals surface area contributed by atoms with Gasteiger partial charge in [0, 0.05) is 5.92 Å². The summed E-state index contributed by atoms with van der Waals surface area (Å²) in [6, 6.07) is 0. The molecule has 0 rings (SSSR count). The molecule has 0 heterocycles. The number of unbranched alkanes of at least 4 members (excludes halogenated alkanes) is 1. The molecular formula is C10H21NO. The summed E-state index contributed by atoms with van der Waals surface area (Å²) in [5.74, 6) is 0.543. The zero-order valence-corrected chi connectivity index (χ0v) is 8.47. The third-order valence-electron chi connectivity index (χ3n) is 2.06. The Bertz CT molecular complexity index is 132. The Kier molecular flexibility index (Phi) is 5.77. The van der Waals surface area contributed by atoms with Crippen LogP contribution >= 0.6 is 0 Å². The molecule has 0 aliphatic rings. The number of amides is 1. The largest absolute Gasteiger partial charge is 0.369 e. The summed E-state index contributed by atoms with van der Waals surface area (Å²) in [5, 5.41) is 0. The van der Waals surface area contributed by atoms with Crippen LogP contribution in [0.2, 0.25) is 0 Å². The summed E-state index contributed by atoms with van der Waals surface area (Å²) in [7, 11) is 0. The van der Waals surface area contributed by atoms with Gasteiger partial charge in [-0.05, 0) is 18.8 Å². The first-order valence-electron chi connectivity index (χ1n) is 4.87. The van der Waals surface area contributed by atoms with E-state index in [-0.39, 0.29) is 11.8 Å². The highest BCUT2D eigenvalue weighted by molar-refractivity contribution is 5.76. The Morgan fingerprint density at radius 2 is 2.00 bits per heavy atom. The lowest BCUT2D eigenvalue weighted by molar-refractivity contribution is -0.122. The SMILES string of the molecule is CCCCC(CC(C)C)C(N)=O. The first kappa shape index (κ1) is 11.5. The summed E-state index contributed by atoms with van der Waals surface area (Å²) < 4.78 is 0. The van der Waals surface area contributed by atoms with Gasteiger partial charge in [-0.25, -0.2) is 0 Å². The van der Waals surface area contributed by atoms with Crippen molar-refractivity contribution in [3.63, 3.8) is 0 Å². The number of carbonyl (C=O) groups is 1. The minimum Gasteiger partial charge on any atom is -0.369 e. The fourth-order valence-corrected chi connectivity index (χ4v) is 1.40. The fraction of sp³-hybridized carbons (Fsp3) is 0.900. The van der Waals surface area contributed by atoms with Crippen molar-refractivity contribution in [1.82, 2.24) is 0 Å². The third-order valence-corrected chi connectivity index (χ3v) is 2.06. The van der Waals surface area contributed by atoms with E-state index in [2.05, 4.69) is 20.8 Å². The number of primary amides is 1. The van der Waals surface area contributed by atoms with Gasteiger partial charge in [0.15, 0.2) is 0 Å². The van der Waals surface area contributed by atoms with Gasteiger partial charge in [-0.1, -0.05) is 33.6 Å². The van der Waals surface area contributed by atoms with Gasteiger partial charge in [0.1, 0.15) is 0 Å². The van der Waals surface area contributed by atoms with E-state index in [9.17, 15) is 4.79 Å². The van der Waals surface area contributed by atoms with Crippen molar-refractivity contribution in [3.8, 4) is 0 Å².